The first-order valence-corrected chi connectivity index (χ1v) is 7.06. The number of rotatable bonds is 7. The molecule has 1 aromatic carbocycles. The molecule has 0 aliphatic carbocycles. The molecule has 0 saturated heterocycles. The summed E-state index contributed by atoms with van der Waals surface area (Å²) in [6, 6.07) is 4.61. The van der Waals surface area contributed by atoms with E-state index in [9.17, 15) is 27.7 Å². The third kappa shape index (κ3) is 4.96. The highest BCUT2D eigenvalue weighted by atomic mass is 32.2. The zero-order valence-corrected chi connectivity index (χ0v) is 11.3. The molecule has 3 N–H and O–H groups in total. The Balaban J connectivity index is 2.79. The van der Waals surface area contributed by atoms with Crippen molar-refractivity contribution in [1.82, 2.24) is 10.0 Å². The van der Waals surface area contributed by atoms with Gasteiger partial charge in [-0.2, -0.15) is 0 Å². The SMILES string of the molecule is O=C(O)NCC(F)CNS(=O)(=O)c1ccccc1[N+](=O)[O-]. The van der Waals surface area contributed by atoms with Crippen LogP contribution in [0.1, 0.15) is 0 Å². The summed E-state index contributed by atoms with van der Waals surface area (Å²) in [5.41, 5.74) is -0.635. The van der Waals surface area contributed by atoms with Crippen molar-refractivity contribution in [3.63, 3.8) is 0 Å². The number of hydrogen-bond acceptors (Lipinski definition) is 5. The first kappa shape index (κ1) is 16.8. The fourth-order valence-electron chi connectivity index (χ4n) is 1.38. The molecule has 1 atom stereocenters. The Morgan fingerprint density at radius 3 is 2.57 bits per heavy atom. The van der Waals surface area contributed by atoms with Gasteiger partial charge in [-0.15, -0.1) is 0 Å². The van der Waals surface area contributed by atoms with E-state index in [4.69, 9.17) is 5.11 Å². The Morgan fingerprint density at radius 1 is 1.38 bits per heavy atom. The van der Waals surface area contributed by atoms with Crippen LogP contribution in [0, 0.1) is 10.1 Å². The number of carboxylic acid groups (broad SMARTS) is 1. The van der Waals surface area contributed by atoms with Crippen LogP contribution in [0.5, 0.6) is 0 Å². The van der Waals surface area contributed by atoms with E-state index in [0.717, 1.165) is 12.1 Å². The monoisotopic (exact) mass is 321 g/mol. The molecule has 21 heavy (non-hydrogen) atoms. The molecule has 0 aliphatic rings. The van der Waals surface area contributed by atoms with Gasteiger partial charge in [0.1, 0.15) is 6.17 Å². The number of nitrogens with one attached hydrogen (secondary N) is 2. The first-order chi connectivity index (χ1) is 9.74. The van der Waals surface area contributed by atoms with Crippen molar-refractivity contribution >= 4 is 21.8 Å². The number of halogens is 1. The summed E-state index contributed by atoms with van der Waals surface area (Å²) in [4.78, 5) is 19.4. The fourth-order valence-corrected chi connectivity index (χ4v) is 2.61. The maximum absolute atomic E-state index is 13.3. The molecule has 1 aromatic rings. The lowest BCUT2D eigenvalue weighted by atomic mass is 10.3. The molecule has 0 radical (unpaired) electrons. The minimum absolute atomic E-state index is 0.589. The second kappa shape index (κ2) is 6.95. The number of carbonyl (C=O) groups is 1. The smallest absolute Gasteiger partial charge is 0.404 e. The summed E-state index contributed by atoms with van der Waals surface area (Å²) in [5, 5.41) is 20.8. The van der Waals surface area contributed by atoms with E-state index in [0.29, 0.717) is 0 Å². The second-order valence-corrected chi connectivity index (χ2v) is 5.60. The predicted octanol–water partition coefficient (Wildman–Crippen LogP) is 0.479. The van der Waals surface area contributed by atoms with Crippen molar-refractivity contribution in [1.29, 1.82) is 0 Å². The summed E-state index contributed by atoms with van der Waals surface area (Å²) in [5.74, 6) is 0. The highest BCUT2D eigenvalue weighted by molar-refractivity contribution is 7.89. The van der Waals surface area contributed by atoms with Gasteiger partial charge in [0.05, 0.1) is 11.5 Å². The summed E-state index contributed by atoms with van der Waals surface area (Å²) in [6.07, 6.45) is -3.25. The molecule has 0 heterocycles. The predicted molar refractivity (Wildman–Crippen MR) is 69.2 cm³/mol. The zero-order valence-electron chi connectivity index (χ0n) is 10.5. The normalized spacial score (nSPS) is 12.6. The van der Waals surface area contributed by atoms with Crippen LogP contribution in [0.3, 0.4) is 0 Å². The van der Waals surface area contributed by atoms with Crippen molar-refractivity contribution in [3.05, 3.63) is 34.4 Å². The van der Waals surface area contributed by atoms with Gasteiger partial charge in [0, 0.05) is 12.6 Å². The third-order valence-corrected chi connectivity index (χ3v) is 3.79. The largest absolute Gasteiger partial charge is 0.465 e. The van der Waals surface area contributed by atoms with E-state index in [1.807, 2.05) is 4.72 Å². The Morgan fingerprint density at radius 2 is 2.00 bits per heavy atom. The van der Waals surface area contributed by atoms with Crippen LogP contribution in [0.25, 0.3) is 0 Å². The van der Waals surface area contributed by atoms with Crippen LogP contribution in [0.4, 0.5) is 14.9 Å². The molecule has 0 aliphatic heterocycles. The lowest BCUT2D eigenvalue weighted by Crippen LogP contribution is -2.37. The number of para-hydroxylation sites is 1. The fraction of sp³-hybridized carbons (Fsp3) is 0.300. The van der Waals surface area contributed by atoms with Crippen LogP contribution in [0.2, 0.25) is 0 Å². The summed E-state index contributed by atoms with van der Waals surface area (Å²) in [7, 11) is -4.28. The Bertz CT molecular complexity index is 635. The van der Waals surface area contributed by atoms with Crippen molar-refractivity contribution < 1.29 is 27.6 Å². The highest BCUT2D eigenvalue weighted by Gasteiger charge is 2.25. The number of nitro benzene ring substituents is 1. The summed E-state index contributed by atoms with van der Waals surface area (Å²) < 4.78 is 38.9. The maximum atomic E-state index is 13.3. The van der Waals surface area contributed by atoms with E-state index >= 15 is 0 Å². The molecule has 0 fully saturated rings. The van der Waals surface area contributed by atoms with Gasteiger partial charge >= 0.3 is 6.09 Å². The number of sulfonamides is 1. The number of benzene rings is 1. The number of nitro groups is 1. The van der Waals surface area contributed by atoms with Crippen LogP contribution in [0.15, 0.2) is 29.2 Å². The molecule has 11 heteroatoms. The molecular weight excluding hydrogens is 309 g/mol. The number of nitrogens with zero attached hydrogens (tertiary/aromatic N) is 1. The minimum atomic E-state index is -4.28. The lowest BCUT2D eigenvalue weighted by molar-refractivity contribution is -0.387. The number of hydrogen-bond donors (Lipinski definition) is 3. The van der Waals surface area contributed by atoms with Gasteiger partial charge in [0.25, 0.3) is 5.69 Å². The molecule has 1 unspecified atom stereocenters. The standard InChI is InChI=1S/C10H12FN3O6S/c11-7(5-12-10(15)16)6-13-21(19,20)9-4-2-1-3-8(9)14(17)18/h1-4,7,12-13H,5-6H2,(H,15,16). The number of amides is 1. The van der Waals surface area contributed by atoms with Gasteiger partial charge in [-0.1, -0.05) is 12.1 Å². The molecule has 0 saturated carbocycles. The van der Waals surface area contributed by atoms with Gasteiger partial charge in [0.2, 0.25) is 10.0 Å². The third-order valence-electron chi connectivity index (χ3n) is 2.32. The summed E-state index contributed by atoms with van der Waals surface area (Å²) >= 11 is 0. The van der Waals surface area contributed by atoms with Crippen LogP contribution < -0.4 is 10.0 Å². The molecular formula is C10H12FN3O6S. The Kier molecular flexibility index (Phi) is 5.55. The average molecular weight is 321 g/mol. The molecule has 116 valence electrons. The van der Waals surface area contributed by atoms with Gasteiger partial charge < -0.3 is 10.4 Å². The summed E-state index contributed by atoms with van der Waals surface area (Å²) in [6.45, 7) is -1.32. The molecule has 9 nitrogen and oxygen atoms in total. The van der Waals surface area contributed by atoms with Crippen molar-refractivity contribution in [2.24, 2.45) is 0 Å². The Hall–Kier alpha value is -2.27. The quantitative estimate of drug-likeness (QED) is 0.493. The van der Waals surface area contributed by atoms with E-state index in [2.05, 4.69) is 0 Å². The van der Waals surface area contributed by atoms with Gasteiger partial charge in [0.15, 0.2) is 4.90 Å². The van der Waals surface area contributed by atoms with E-state index < -0.39 is 50.9 Å². The van der Waals surface area contributed by atoms with Crippen molar-refractivity contribution in [2.75, 3.05) is 13.1 Å². The Labute approximate surface area is 119 Å². The van der Waals surface area contributed by atoms with E-state index in [1.54, 1.807) is 5.32 Å². The number of alkyl halides is 1. The van der Waals surface area contributed by atoms with Gasteiger partial charge in [-0.05, 0) is 6.07 Å². The van der Waals surface area contributed by atoms with Crippen molar-refractivity contribution in [3.8, 4) is 0 Å². The zero-order chi connectivity index (χ0) is 16.0. The molecule has 0 bridgehead atoms. The lowest BCUT2D eigenvalue weighted by Gasteiger charge is -2.10. The average Bonchev–Trinajstić information content (AvgIpc) is 2.43. The van der Waals surface area contributed by atoms with E-state index in [1.165, 1.54) is 12.1 Å². The molecule has 0 spiro atoms. The van der Waals surface area contributed by atoms with Crippen LogP contribution in [-0.2, 0) is 10.0 Å². The van der Waals surface area contributed by atoms with E-state index in [-0.39, 0.29) is 0 Å². The molecule has 0 aromatic heterocycles. The van der Waals surface area contributed by atoms with Crippen LogP contribution in [-0.4, -0.2) is 43.8 Å². The van der Waals surface area contributed by atoms with Crippen LogP contribution >= 0.6 is 0 Å². The second-order valence-electron chi connectivity index (χ2n) is 3.86. The topological polar surface area (TPSA) is 139 Å². The maximum Gasteiger partial charge on any atom is 0.404 e. The first-order valence-electron chi connectivity index (χ1n) is 5.58. The molecule has 1 amide bonds. The van der Waals surface area contributed by atoms with Crippen molar-refractivity contribution in [2.45, 2.75) is 11.1 Å². The minimum Gasteiger partial charge on any atom is -0.465 e. The molecule has 1 rings (SSSR count). The van der Waals surface area contributed by atoms with Gasteiger partial charge in [-0.3, -0.25) is 10.1 Å². The van der Waals surface area contributed by atoms with Gasteiger partial charge in [-0.25, -0.2) is 22.3 Å². The highest BCUT2D eigenvalue weighted by Crippen LogP contribution is 2.22.